The molecule has 0 radical (unpaired) electrons. The second kappa shape index (κ2) is 5.80. The van der Waals surface area contributed by atoms with E-state index in [9.17, 15) is 14.4 Å². The molecule has 0 unspecified atom stereocenters. The van der Waals surface area contributed by atoms with E-state index in [1.807, 2.05) is 0 Å². The number of ether oxygens (including phenoxy) is 1. The fourth-order valence-electron chi connectivity index (χ4n) is 2.23. The van der Waals surface area contributed by atoms with Crippen LogP contribution in [-0.2, 0) is 4.79 Å². The Kier molecular flexibility index (Phi) is 3.68. The minimum absolute atomic E-state index is 0.0511. The van der Waals surface area contributed by atoms with E-state index in [1.165, 1.54) is 12.1 Å². The Morgan fingerprint density at radius 1 is 1.17 bits per heavy atom. The van der Waals surface area contributed by atoms with Crippen molar-refractivity contribution in [2.24, 2.45) is 5.73 Å². The molecule has 7 heteroatoms. The number of fused-ring (bicyclic) bond motifs is 1. The number of carbonyl (C=O) groups excluding carboxylic acids is 3. The van der Waals surface area contributed by atoms with Crippen molar-refractivity contribution in [2.45, 2.75) is 0 Å². The predicted molar refractivity (Wildman–Crippen MR) is 83.5 cm³/mol. The number of rotatable bonds is 3. The number of hydrogen-bond acceptors (Lipinski definition) is 4. The van der Waals surface area contributed by atoms with Crippen LogP contribution in [0.1, 0.15) is 20.7 Å². The molecule has 0 saturated heterocycles. The van der Waals surface area contributed by atoms with Gasteiger partial charge in [-0.1, -0.05) is 12.1 Å². The first-order valence-electron chi connectivity index (χ1n) is 6.81. The summed E-state index contributed by atoms with van der Waals surface area (Å²) in [5.41, 5.74) is 6.56. The van der Waals surface area contributed by atoms with Gasteiger partial charge in [0.25, 0.3) is 17.7 Å². The zero-order valence-corrected chi connectivity index (χ0v) is 12.0. The van der Waals surface area contributed by atoms with Crippen LogP contribution in [0.5, 0.6) is 5.75 Å². The molecule has 0 spiro atoms. The van der Waals surface area contributed by atoms with Gasteiger partial charge in [-0.05, 0) is 30.3 Å². The van der Waals surface area contributed by atoms with E-state index < -0.39 is 11.8 Å². The monoisotopic (exact) mass is 311 g/mol. The predicted octanol–water partition coefficient (Wildman–Crippen LogP) is 1.37. The third-order valence-corrected chi connectivity index (χ3v) is 3.32. The maximum atomic E-state index is 12.3. The van der Waals surface area contributed by atoms with E-state index >= 15 is 0 Å². The van der Waals surface area contributed by atoms with Gasteiger partial charge in [0, 0.05) is 5.56 Å². The molecule has 2 aromatic rings. The quantitative estimate of drug-likeness (QED) is 0.795. The highest BCUT2D eigenvalue weighted by Crippen LogP contribution is 2.28. The molecule has 116 valence electrons. The molecule has 7 nitrogen and oxygen atoms in total. The fraction of sp³-hybridized carbons (Fsp3) is 0.0625. The number of hydrogen-bond donors (Lipinski definition) is 3. The van der Waals surface area contributed by atoms with E-state index in [0.717, 1.165) is 0 Å². The van der Waals surface area contributed by atoms with Gasteiger partial charge in [0.1, 0.15) is 5.75 Å². The van der Waals surface area contributed by atoms with Crippen LogP contribution >= 0.6 is 0 Å². The number of primary amides is 1. The Morgan fingerprint density at radius 3 is 2.74 bits per heavy atom. The van der Waals surface area contributed by atoms with Gasteiger partial charge >= 0.3 is 0 Å². The first-order valence-corrected chi connectivity index (χ1v) is 6.81. The SMILES string of the molecule is NC(=O)c1ccccc1NC(=O)c1ccc2c(c1)NC(=O)CO2. The zero-order chi connectivity index (χ0) is 16.4. The molecule has 0 aromatic heterocycles. The van der Waals surface area contributed by atoms with Crippen LogP contribution in [0.4, 0.5) is 11.4 Å². The molecule has 1 aliphatic rings. The maximum absolute atomic E-state index is 12.3. The third kappa shape index (κ3) is 2.98. The van der Waals surface area contributed by atoms with Crippen LogP contribution in [0.15, 0.2) is 42.5 Å². The average molecular weight is 311 g/mol. The van der Waals surface area contributed by atoms with Crippen molar-refractivity contribution in [2.75, 3.05) is 17.2 Å². The Hall–Kier alpha value is -3.35. The van der Waals surface area contributed by atoms with Gasteiger partial charge in [-0.15, -0.1) is 0 Å². The van der Waals surface area contributed by atoms with Gasteiger partial charge in [0.05, 0.1) is 16.9 Å². The molecule has 0 bridgehead atoms. The van der Waals surface area contributed by atoms with Crippen molar-refractivity contribution < 1.29 is 19.1 Å². The zero-order valence-electron chi connectivity index (χ0n) is 12.0. The summed E-state index contributed by atoms with van der Waals surface area (Å²) in [5, 5.41) is 5.26. The molecule has 2 aromatic carbocycles. The lowest BCUT2D eigenvalue weighted by molar-refractivity contribution is -0.118. The van der Waals surface area contributed by atoms with Gasteiger partial charge in [-0.25, -0.2) is 0 Å². The van der Waals surface area contributed by atoms with Crippen molar-refractivity contribution in [3.8, 4) is 5.75 Å². The Balaban J connectivity index is 1.86. The lowest BCUT2D eigenvalue weighted by Crippen LogP contribution is -2.26. The van der Waals surface area contributed by atoms with Crippen molar-refractivity contribution in [3.63, 3.8) is 0 Å². The Bertz CT molecular complexity index is 817. The molecule has 0 aliphatic carbocycles. The molecule has 3 amide bonds. The van der Waals surface area contributed by atoms with Crippen LogP contribution < -0.4 is 21.1 Å². The summed E-state index contributed by atoms with van der Waals surface area (Å²) in [6.45, 7) is -0.0511. The minimum atomic E-state index is -0.632. The number of amides is 3. The van der Waals surface area contributed by atoms with Crippen LogP contribution in [-0.4, -0.2) is 24.3 Å². The Labute approximate surface area is 131 Å². The molecule has 0 saturated carbocycles. The molecule has 1 aliphatic heterocycles. The third-order valence-electron chi connectivity index (χ3n) is 3.32. The number of benzene rings is 2. The summed E-state index contributed by atoms with van der Waals surface area (Å²) in [6, 6.07) is 11.1. The number of nitrogens with one attached hydrogen (secondary N) is 2. The minimum Gasteiger partial charge on any atom is -0.482 e. The highest BCUT2D eigenvalue weighted by molar-refractivity contribution is 6.09. The summed E-state index contributed by atoms with van der Waals surface area (Å²) in [5.74, 6) is -0.846. The Morgan fingerprint density at radius 2 is 1.96 bits per heavy atom. The number of nitrogens with two attached hydrogens (primary N) is 1. The van der Waals surface area contributed by atoms with E-state index in [1.54, 1.807) is 30.3 Å². The fourth-order valence-corrected chi connectivity index (χ4v) is 2.23. The summed E-state index contributed by atoms with van der Waals surface area (Å²) in [4.78, 5) is 35.0. The average Bonchev–Trinajstić information content (AvgIpc) is 2.54. The highest BCUT2D eigenvalue weighted by atomic mass is 16.5. The van der Waals surface area contributed by atoms with E-state index in [4.69, 9.17) is 10.5 Å². The molecule has 0 atom stereocenters. The number of carbonyl (C=O) groups is 3. The smallest absolute Gasteiger partial charge is 0.262 e. The van der Waals surface area contributed by atoms with Crippen LogP contribution in [0.25, 0.3) is 0 Å². The first-order chi connectivity index (χ1) is 11.0. The van der Waals surface area contributed by atoms with Crippen molar-refractivity contribution in [3.05, 3.63) is 53.6 Å². The lowest BCUT2D eigenvalue weighted by atomic mass is 10.1. The van der Waals surface area contributed by atoms with Crippen LogP contribution in [0, 0.1) is 0 Å². The van der Waals surface area contributed by atoms with E-state index in [-0.39, 0.29) is 18.1 Å². The standard InChI is InChI=1S/C16H13N3O4/c17-15(21)10-3-1-2-4-11(10)19-16(22)9-5-6-13-12(7-9)18-14(20)8-23-13/h1-7H,8H2,(H2,17,21)(H,18,20)(H,19,22). The second-order valence-electron chi connectivity index (χ2n) is 4.91. The van der Waals surface area contributed by atoms with Crippen molar-refractivity contribution in [1.82, 2.24) is 0 Å². The number of anilines is 2. The van der Waals surface area contributed by atoms with E-state index in [2.05, 4.69) is 10.6 Å². The molecule has 4 N–H and O–H groups in total. The second-order valence-corrected chi connectivity index (χ2v) is 4.91. The largest absolute Gasteiger partial charge is 0.482 e. The summed E-state index contributed by atoms with van der Waals surface area (Å²) in [7, 11) is 0. The molecule has 1 heterocycles. The van der Waals surface area contributed by atoms with Crippen molar-refractivity contribution >= 4 is 29.1 Å². The molecular weight excluding hydrogens is 298 g/mol. The molecule has 23 heavy (non-hydrogen) atoms. The molecule has 3 rings (SSSR count). The first kappa shape index (κ1) is 14.6. The van der Waals surface area contributed by atoms with Gasteiger partial charge in [-0.2, -0.15) is 0 Å². The van der Waals surface area contributed by atoms with Crippen LogP contribution in [0.2, 0.25) is 0 Å². The normalized spacial score (nSPS) is 12.6. The maximum Gasteiger partial charge on any atom is 0.262 e. The lowest BCUT2D eigenvalue weighted by Gasteiger charge is -2.18. The highest BCUT2D eigenvalue weighted by Gasteiger charge is 2.18. The van der Waals surface area contributed by atoms with Gasteiger partial charge in [0.2, 0.25) is 0 Å². The summed E-state index contributed by atoms with van der Waals surface area (Å²) in [6.07, 6.45) is 0. The topological polar surface area (TPSA) is 111 Å². The van der Waals surface area contributed by atoms with Crippen LogP contribution in [0.3, 0.4) is 0 Å². The number of para-hydroxylation sites is 1. The summed E-state index contributed by atoms with van der Waals surface area (Å²) >= 11 is 0. The summed E-state index contributed by atoms with van der Waals surface area (Å²) < 4.78 is 5.23. The van der Waals surface area contributed by atoms with E-state index in [0.29, 0.717) is 22.7 Å². The molecule has 0 fully saturated rings. The van der Waals surface area contributed by atoms with Gasteiger partial charge < -0.3 is 21.1 Å². The van der Waals surface area contributed by atoms with Gasteiger partial charge in [0.15, 0.2) is 6.61 Å². The molecular formula is C16H13N3O4. The van der Waals surface area contributed by atoms with Crippen molar-refractivity contribution in [1.29, 1.82) is 0 Å². The van der Waals surface area contributed by atoms with Gasteiger partial charge in [-0.3, -0.25) is 14.4 Å².